The fraction of sp³-hybridized carbons (Fsp3) is 0.400. The Morgan fingerprint density at radius 3 is 2.95 bits per heavy atom. The lowest BCUT2D eigenvalue weighted by molar-refractivity contribution is -0.384. The summed E-state index contributed by atoms with van der Waals surface area (Å²) in [7, 11) is 1.53. The van der Waals surface area contributed by atoms with E-state index < -0.39 is 4.92 Å². The molecule has 0 bridgehead atoms. The number of nitro groups is 1. The van der Waals surface area contributed by atoms with Gasteiger partial charge in [-0.3, -0.25) is 19.9 Å². The smallest absolute Gasteiger partial charge is 0.311 e. The summed E-state index contributed by atoms with van der Waals surface area (Å²) in [5.74, 6) is -0.282. The van der Waals surface area contributed by atoms with Gasteiger partial charge in [-0.2, -0.15) is 0 Å². The molecule has 0 aliphatic heterocycles. The molecular formula is C10H13BrN4O4. The van der Waals surface area contributed by atoms with Gasteiger partial charge in [0, 0.05) is 19.9 Å². The SMILES string of the molecule is COCCNC(=O)CNc1c(Br)cncc1[N+](=O)[O-]. The number of hydrogen-bond acceptors (Lipinski definition) is 6. The molecule has 1 aromatic heterocycles. The zero-order valence-corrected chi connectivity index (χ0v) is 11.8. The Labute approximate surface area is 117 Å². The summed E-state index contributed by atoms with van der Waals surface area (Å²) in [4.78, 5) is 25.4. The zero-order chi connectivity index (χ0) is 14.3. The van der Waals surface area contributed by atoms with Gasteiger partial charge < -0.3 is 15.4 Å². The van der Waals surface area contributed by atoms with Crippen molar-refractivity contribution >= 4 is 33.2 Å². The summed E-state index contributed by atoms with van der Waals surface area (Å²) in [6, 6.07) is 0. The minimum atomic E-state index is -0.567. The van der Waals surface area contributed by atoms with Crippen molar-refractivity contribution in [3.05, 3.63) is 27.0 Å². The van der Waals surface area contributed by atoms with E-state index in [-0.39, 0.29) is 23.8 Å². The molecule has 0 saturated heterocycles. The normalized spacial score (nSPS) is 10.0. The highest BCUT2D eigenvalue weighted by atomic mass is 79.9. The Bertz CT molecular complexity index is 469. The van der Waals surface area contributed by atoms with Gasteiger partial charge in [0.25, 0.3) is 0 Å². The predicted octanol–water partition coefficient (Wildman–Crippen LogP) is 0.927. The molecular weight excluding hydrogens is 320 g/mol. The van der Waals surface area contributed by atoms with Gasteiger partial charge in [0.15, 0.2) is 0 Å². The molecule has 0 fully saturated rings. The van der Waals surface area contributed by atoms with Crippen LogP contribution in [0, 0.1) is 10.1 Å². The molecule has 19 heavy (non-hydrogen) atoms. The summed E-state index contributed by atoms with van der Waals surface area (Å²) >= 11 is 3.15. The largest absolute Gasteiger partial charge is 0.383 e. The number of amides is 1. The summed E-state index contributed by atoms with van der Waals surface area (Å²) in [5, 5.41) is 16.1. The van der Waals surface area contributed by atoms with Crippen LogP contribution >= 0.6 is 15.9 Å². The molecule has 0 atom stereocenters. The van der Waals surface area contributed by atoms with Crippen molar-refractivity contribution in [1.29, 1.82) is 0 Å². The second-order valence-corrected chi connectivity index (χ2v) is 4.32. The van der Waals surface area contributed by atoms with E-state index in [4.69, 9.17) is 4.74 Å². The number of anilines is 1. The predicted molar refractivity (Wildman–Crippen MR) is 72.0 cm³/mol. The van der Waals surface area contributed by atoms with Crippen LogP contribution in [-0.4, -0.2) is 42.6 Å². The average molecular weight is 333 g/mol. The van der Waals surface area contributed by atoms with E-state index in [0.29, 0.717) is 17.6 Å². The molecule has 0 aliphatic carbocycles. The summed E-state index contributed by atoms with van der Waals surface area (Å²) in [5.41, 5.74) is 0.0287. The number of halogens is 1. The number of carbonyl (C=O) groups excluding carboxylic acids is 1. The lowest BCUT2D eigenvalue weighted by Crippen LogP contribution is -2.32. The fourth-order valence-corrected chi connectivity index (χ4v) is 1.72. The number of aromatic nitrogens is 1. The van der Waals surface area contributed by atoms with Crippen LogP contribution < -0.4 is 10.6 Å². The summed E-state index contributed by atoms with van der Waals surface area (Å²) in [6.45, 7) is 0.717. The van der Waals surface area contributed by atoms with E-state index in [1.807, 2.05) is 0 Å². The molecule has 1 heterocycles. The van der Waals surface area contributed by atoms with Gasteiger partial charge in [0.05, 0.1) is 22.5 Å². The quantitative estimate of drug-likeness (QED) is 0.437. The van der Waals surface area contributed by atoms with Crippen molar-refractivity contribution < 1.29 is 14.5 Å². The van der Waals surface area contributed by atoms with E-state index in [1.165, 1.54) is 13.3 Å². The second kappa shape index (κ2) is 7.64. The molecule has 1 amide bonds. The lowest BCUT2D eigenvalue weighted by atomic mass is 10.3. The fourth-order valence-electron chi connectivity index (χ4n) is 1.26. The average Bonchev–Trinajstić information content (AvgIpc) is 2.37. The molecule has 0 saturated carbocycles. The van der Waals surface area contributed by atoms with Crippen LogP contribution in [0.25, 0.3) is 0 Å². The van der Waals surface area contributed by atoms with Crippen molar-refractivity contribution in [3.8, 4) is 0 Å². The van der Waals surface area contributed by atoms with Crippen LogP contribution in [0.15, 0.2) is 16.9 Å². The number of ether oxygens (including phenoxy) is 1. The Kier molecular flexibility index (Phi) is 6.16. The van der Waals surface area contributed by atoms with Crippen LogP contribution in [0.4, 0.5) is 11.4 Å². The van der Waals surface area contributed by atoms with Gasteiger partial charge in [0.1, 0.15) is 11.9 Å². The van der Waals surface area contributed by atoms with Crippen molar-refractivity contribution in [1.82, 2.24) is 10.3 Å². The van der Waals surface area contributed by atoms with E-state index in [1.54, 1.807) is 0 Å². The van der Waals surface area contributed by atoms with Gasteiger partial charge in [-0.05, 0) is 15.9 Å². The Morgan fingerprint density at radius 1 is 1.58 bits per heavy atom. The van der Waals surface area contributed by atoms with Crippen LogP contribution in [0.2, 0.25) is 0 Å². The van der Waals surface area contributed by atoms with Gasteiger partial charge in [-0.1, -0.05) is 0 Å². The number of carbonyl (C=O) groups is 1. The van der Waals surface area contributed by atoms with Crippen molar-refractivity contribution in [2.75, 3.05) is 32.1 Å². The monoisotopic (exact) mass is 332 g/mol. The van der Waals surface area contributed by atoms with E-state index in [9.17, 15) is 14.9 Å². The maximum absolute atomic E-state index is 11.5. The highest BCUT2D eigenvalue weighted by Gasteiger charge is 2.17. The summed E-state index contributed by atoms with van der Waals surface area (Å²) in [6.07, 6.45) is 2.54. The number of methoxy groups -OCH3 is 1. The first-order valence-electron chi connectivity index (χ1n) is 5.33. The molecule has 104 valence electrons. The molecule has 0 unspecified atom stereocenters. The number of hydrogen-bond donors (Lipinski definition) is 2. The first kappa shape index (κ1) is 15.3. The molecule has 0 spiro atoms. The lowest BCUT2D eigenvalue weighted by Gasteiger charge is -2.09. The van der Waals surface area contributed by atoms with E-state index in [2.05, 4.69) is 31.5 Å². The third kappa shape index (κ3) is 4.79. The van der Waals surface area contributed by atoms with E-state index in [0.717, 1.165) is 6.20 Å². The van der Waals surface area contributed by atoms with Gasteiger partial charge in [-0.25, -0.2) is 0 Å². The second-order valence-electron chi connectivity index (χ2n) is 3.47. The highest BCUT2D eigenvalue weighted by Crippen LogP contribution is 2.30. The van der Waals surface area contributed by atoms with Crippen molar-refractivity contribution in [2.24, 2.45) is 0 Å². The van der Waals surface area contributed by atoms with Crippen LogP contribution in [0.3, 0.4) is 0 Å². The van der Waals surface area contributed by atoms with Crippen molar-refractivity contribution in [3.63, 3.8) is 0 Å². The summed E-state index contributed by atoms with van der Waals surface area (Å²) < 4.78 is 5.21. The third-order valence-corrected chi connectivity index (χ3v) is 2.73. The standard InChI is InChI=1S/C10H13BrN4O4/c1-19-3-2-13-9(16)6-14-10-7(11)4-12-5-8(10)15(17)18/h4-5H,2-3,6H2,1H3,(H,12,14)(H,13,16). The molecule has 8 nitrogen and oxygen atoms in total. The minimum absolute atomic E-state index is 0.0762. The molecule has 9 heteroatoms. The highest BCUT2D eigenvalue weighted by molar-refractivity contribution is 9.10. The van der Waals surface area contributed by atoms with Crippen LogP contribution in [0.5, 0.6) is 0 Å². The first-order valence-corrected chi connectivity index (χ1v) is 6.13. The molecule has 1 aromatic rings. The number of rotatable bonds is 7. The first-order chi connectivity index (χ1) is 9.06. The number of nitrogens with zero attached hydrogens (tertiary/aromatic N) is 2. The van der Waals surface area contributed by atoms with Crippen molar-refractivity contribution in [2.45, 2.75) is 0 Å². The third-order valence-electron chi connectivity index (χ3n) is 2.13. The zero-order valence-electron chi connectivity index (χ0n) is 10.2. The molecule has 0 radical (unpaired) electrons. The maximum atomic E-state index is 11.5. The molecule has 1 rings (SSSR count). The Hall–Kier alpha value is -1.74. The Balaban J connectivity index is 2.62. The van der Waals surface area contributed by atoms with Gasteiger partial charge >= 0.3 is 5.69 Å². The topological polar surface area (TPSA) is 106 Å². The Morgan fingerprint density at radius 2 is 2.32 bits per heavy atom. The van der Waals surface area contributed by atoms with E-state index >= 15 is 0 Å². The maximum Gasteiger partial charge on any atom is 0.311 e. The van der Waals surface area contributed by atoms with Crippen LogP contribution in [-0.2, 0) is 9.53 Å². The van der Waals surface area contributed by atoms with Crippen LogP contribution in [0.1, 0.15) is 0 Å². The number of pyridine rings is 1. The number of nitrogens with one attached hydrogen (secondary N) is 2. The molecule has 2 N–H and O–H groups in total. The molecule has 0 aromatic carbocycles. The minimum Gasteiger partial charge on any atom is -0.383 e. The molecule has 0 aliphatic rings. The van der Waals surface area contributed by atoms with Gasteiger partial charge in [-0.15, -0.1) is 0 Å². The van der Waals surface area contributed by atoms with Gasteiger partial charge in [0.2, 0.25) is 5.91 Å².